The lowest BCUT2D eigenvalue weighted by Gasteiger charge is -2.22. The van der Waals surface area contributed by atoms with Gasteiger partial charge in [0.25, 0.3) is 0 Å². The quantitative estimate of drug-likeness (QED) is 0.742. The minimum absolute atomic E-state index is 0.183. The second-order valence-electron chi connectivity index (χ2n) is 5.39. The topological polar surface area (TPSA) is 21.3 Å². The Kier molecular flexibility index (Phi) is 8.12. The Morgan fingerprint density at radius 2 is 2.15 bits per heavy atom. The van der Waals surface area contributed by atoms with E-state index in [-0.39, 0.29) is 11.9 Å². The Labute approximate surface area is 126 Å². The maximum absolute atomic E-state index is 13.8. The van der Waals surface area contributed by atoms with E-state index in [1.54, 1.807) is 19.2 Å². The fourth-order valence-corrected chi connectivity index (χ4v) is 2.59. The normalized spacial score (nSPS) is 14.2. The van der Waals surface area contributed by atoms with Gasteiger partial charge < -0.3 is 10.1 Å². The van der Waals surface area contributed by atoms with Crippen molar-refractivity contribution in [2.75, 3.05) is 20.3 Å². The van der Waals surface area contributed by atoms with E-state index in [1.165, 1.54) is 6.07 Å². The highest BCUT2D eigenvalue weighted by Crippen LogP contribution is 2.19. The van der Waals surface area contributed by atoms with Crippen molar-refractivity contribution in [2.45, 2.75) is 39.2 Å². The third-order valence-electron chi connectivity index (χ3n) is 3.30. The molecule has 0 aliphatic rings. The molecule has 0 saturated heterocycles. The van der Waals surface area contributed by atoms with Gasteiger partial charge in [-0.2, -0.15) is 0 Å². The molecule has 0 amide bonds. The third kappa shape index (κ3) is 6.21. The summed E-state index contributed by atoms with van der Waals surface area (Å²) in [5.41, 5.74) is 0.677. The maximum atomic E-state index is 13.8. The summed E-state index contributed by atoms with van der Waals surface area (Å²) in [7, 11) is 1.71. The predicted molar refractivity (Wildman–Crippen MR) is 82.9 cm³/mol. The molecule has 1 aromatic carbocycles. The van der Waals surface area contributed by atoms with Crippen LogP contribution in [-0.2, 0) is 11.2 Å². The number of halogens is 2. The van der Waals surface area contributed by atoms with Gasteiger partial charge in [-0.05, 0) is 55.5 Å². The molecule has 1 N–H and O–H groups in total. The van der Waals surface area contributed by atoms with Gasteiger partial charge in [0, 0.05) is 24.8 Å². The van der Waals surface area contributed by atoms with E-state index in [9.17, 15) is 4.39 Å². The summed E-state index contributed by atoms with van der Waals surface area (Å²) in [5.74, 6) is 0.258. The first-order chi connectivity index (χ1) is 9.56. The lowest BCUT2D eigenvalue weighted by atomic mass is 9.96. The van der Waals surface area contributed by atoms with Gasteiger partial charge in [0.2, 0.25) is 0 Å². The van der Waals surface area contributed by atoms with Gasteiger partial charge in [0.15, 0.2) is 0 Å². The molecule has 0 saturated carbocycles. The zero-order chi connectivity index (χ0) is 15.0. The van der Waals surface area contributed by atoms with E-state index in [1.807, 2.05) is 0 Å². The highest BCUT2D eigenvalue weighted by Gasteiger charge is 2.15. The summed E-state index contributed by atoms with van der Waals surface area (Å²) in [5, 5.41) is 4.07. The number of ether oxygens (including phenoxy) is 1. The molecule has 0 heterocycles. The second kappa shape index (κ2) is 9.32. The van der Waals surface area contributed by atoms with Gasteiger partial charge in [-0.25, -0.2) is 4.39 Å². The van der Waals surface area contributed by atoms with E-state index >= 15 is 0 Å². The SMILES string of the molecule is CCCNC(Cc1cc(Cl)ccc1F)CC(C)COC. The number of nitrogens with one attached hydrogen (secondary N) is 1. The van der Waals surface area contributed by atoms with Gasteiger partial charge >= 0.3 is 0 Å². The van der Waals surface area contributed by atoms with Crippen molar-refractivity contribution in [1.82, 2.24) is 5.32 Å². The number of hydrogen-bond donors (Lipinski definition) is 1. The monoisotopic (exact) mass is 301 g/mol. The summed E-state index contributed by atoms with van der Waals surface area (Å²) < 4.78 is 19.0. The molecule has 2 unspecified atom stereocenters. The van der Waals surface area contributed by atoms with Crippen molar-refractivity contribution in [2.24, 2.45) is 5.92 Å². The summed E-state index contributed by atoms with van der Waals surface area (Å²) in [6, 6.07) is 4.99. The lowest BCUT2D eigenvalue weighted by molar-refractivity contribution is 0.149. The van der Waals surface area contributed by atoms with Crippen LogP contribution in [0.5, 0.6) is 0 Å². The molecule has 0 bridgehead atoms. The molecule has 114 valence electrons. The zero-order valence-corrected chi connectivity index (χ0v) is 13.3. The largest absolute Gasteiger partial charge is 0.384 e. The smallest absolute Gasteiger partial charge is 0.126 e. The standard InChI is InChI=1S/C16H25ClFNO/c1-4-7-19-15(8-12(2)11-20-3)10-13-9-14(17)5-6-16(13)18/h5-6,9,12,15,19H,4,7-8,10-11H2,1-3H3. The van der Waals surface area contributed by atoms with Gasteiger partial charge in [0.1, 0.15) is 5.82 Å². The van der Waals surface area contributed by atoms with Crippen molar-refractivity contribution >= 4 is 11.6 Å². The molecule has 0 spiro atoms. The van der Waals surface area contributed by atoms with Crippen LogP contribution >= 0.6 is 11.6 Å². The average molecular weight is 302 g/mol. The summed E-state index contributed by atoms with van der Waals surface area (Å²) in [6.07, 6.45) is 2.67. The van der Waals surface area contributed by atoms with E-state index in [0.717, 1.165) is 26.0 Å². The molecule has 0 aliphatic carbocycles. The van der Waals surface area contributed by atoms with Crippen molar-refractivity contribution in [3.05, 3.63) is 34.6 Å². The molecule has 20 heavy (non-hydrogen) atoms. The van der Waals surface area contributed by atoms with Gasteiger partial charge in [0.05, 0.1) is 0 Å². The molecule has 1 aromatic rings. The van der Waals surface area contributed by atoms with Gasteiger partial charge in [-0.1, -0.05) is 25.4 Å². The molecule has 4 heteroatoms. The van der Waals surface area contributed by atoms with Crippen LogP contribution in [0.2, 0.25) is 5.02 Å². The molecule has 0 aliphatic heterocycles. The minimum Gasteiger partial charge on any atom is -0.384 e. The molecule has 1 rings (SSSR count). The Morgan fingerprint density at radius 3 is 2.80 bits per heavy atom. The Hall–Kier alpha value is -0.640. The summed E-state index contributed by atoms with van der Waals surface area (Å²) in [6.45, 7) is 5.94. The Morgan fingerprint density at radius 1 is 1.40 bits per heavy atom. The van der Waals surface area contributed by atoms with Crippen LogP contribution in [0.1, 0.15) is 32.3 Å². The van der Waals surface area contributed by atoms with Crippen LogP contribution in [0.15, 0.2) is 18.2 Å². The molecule has 0 aromatic heterocycles. The molecule has 0 fully saturated rings. The first-order valence-corrected chi connectivity index (χ1v) is 7.60. The van der Waals surface area contributed by atoms with E-state index in [2.05, 4.69) is 19.2 Å². The van der Waals surface area contributed by atoms with Crippen LogP contribution in [0, 0.1) is 11.7 Å². The summed E-state index contributed by atoms with van der Waals surface area (Å²) >= 11 is 5.95. The average Bonchev–Trinajstić information content (AvgIpc) is 2.40. The van der Waals surface area contributed by atoms with Crippen molar-refractivity contribution < 1.29 is 9.13 Å². The first kappa shape index (κ1) is 17.4. The number of hydrogen-bond acceptors (Lipinski definition) is 2. The minimum atomic E-state index is -0.183. The van der Waals surface area contributed by atoms with Crippen molar-refractivity contribution in [3.8, 4) is 0 Å². The number of benzene rings is 1. The van der Waals surface area contributed by atoms with Crippen LogP contribution in [0.25, 0.3) is 0 Å². The fourth-order valence-electron chi connectivity index (χ4n) is 2.39. The molecular weight excluding hydrogens is 277 g/mol. The predicted octanol–water partition coefficient (Wildman–Crippen LogP) is 4.06. The maximum Gasteiger partial charge on any atom is 0.126 e. The van der Waals surface area contributed by atoms with Crippen LogP contribution in [0.4, 0.5) is 4.39 Å². The Bertz CT molecular complexity index is 400. The zero-order valence-electron chi connectivity index (χ0n) is 12.6. The fraction of sp³-hybridized carbons (Fsp3) is 0.625. The first-order valence-electron chi connectivity index (χ1n) is 7.23. The number of rotatable bonds is 9. The van der Waals surface area contributed by atoms with Crippen LogP contribution < -0.4 is 5.32 Å². The summed E-state index contributed by atoms with van der Waals surface area (Å²) in [4.78, 5) is 0. The highest BCUT2D eigenvalue weighted by atomic mass is 35.5. The highest BCUT2D eigenvalue weighted by molar-refractivity contribution is 6.30. The lowest BCUT2D eigenvalue weighted by Crippen LogP contribution is -2.34. The number of methoxy groups -OCH3 is 1. The second-order valence-corrected chi connectivity index (χ2v) is 5.82. The molecule has 0 radical (unpaired) electrons. The van der Waals surface area contributed by atoms with Gasteiger partial charge in [-0.3, -0.25) is 0 Å². The van der Waals surface area contributed by atoms with Crippen LogP contribution in [-0.4, -0.2) is 26.3 Å². The van der Waals surface area contributed by atoms with Gasteiger partial charge in [-0.15, -0.1) is 0 Å². The van der Waals surface area contributed by atoms with Crippen molar-refractivity contribution in [3.63, 3.8) is 0 Å². The van der Waals surface area contributed by atoms with E-state index in [0.29, 0.717) is 22.9 Å². The molecular formula is C16H25ClFNO. The molecule has 2 atom stereocenters. The van der Waals surface area contributed by atoms with E-state index < -0.39 is 0 Å². The Balaban J connectivity index is 2.69. The molecule has 2 nitrogen and oxygen atoms in total. The third-order valence-corrected chi connectivity index (χ3v) is 3.53. The van der Waals surface area contributed by atoms with E-state index in [4.69, 9.17) is 16.3 Å². The van der Waals surface area contributed by atoms with Crippen molar-refractivity contribution in [1.29, 1.82) is 0 Å². The van der Waals surface area contributed by atoms with Crippen LogP contribution in [0.3, 0.4) is 0 Å².